The summed E-state index contributed by atoms with van der Waals surface area (Å²) in [7, 11) is 2.93. The summed E-state index contributed by atoms with van der Waals surface area (Å²) in [6.45, 7) is 1.92. The van der Waals surface area contributed by atoms with E-state index < -0.39 is 6.10 Å². The van der Waals surface area contributed by atoms with E-state index in [1.54, 1.807) is 42.5 Å². The molecule has 2 N–H and O–H groups in total. The summed E-state index contributed by atoms with van der Waals surface area (Å²) < 4.78 is 16.7. The maximum Gasteiger partial charge on any atom is 0.196 e. The minimum Gasteiger partial charge on any atom is -0.504 e. The molecule has 1 unspecified atom stereocenters. The number of hydrogen-bond acceptors (Lipinski definition) is 6. The summed E-state index contributed by atoms with van der Waals surface area (Å²) in [6, 6.07) is 15.2. The third kappa shape index (κ3) is 3.80. The number of rotatable bonds is 4. The van der Waals surface area contributed by atoms with Crippen LogP contribution >= 0.6 is 0 Å². The molecule has 0 saturated heterocycles. The summed E-state index contributed by atoms with van der Waals surface area (Å²) in [5.74, 6) is 0.934. The first-order chi connectivity index (χ1) is 14.9. The maximum absolute atomic E-state index is 13.5. The monoisotopic (exact) mass is 418 g/mol. The number of carbonyl (C=O) groups excluding carboxylic acids is 1. The lowest BCUT2D eigenvalue weighted by molar-refractivity contribution is 0.0963. The van der Waals surface area contributed by atoms with E-state index in [1.807, 2.05) is 13.0 Å². The van der Waals surface area contributed by atoms with E-state index in [0.717, 1.165) is 5.56 Å². The summed E-state index contributed by atoms with van der Waals surface area (Å²) in [4.78, 5) is 13.5. The number of methoxy groups -OCH3 is 2. The van der Waals surface area contributed by atoms with Crippen LogP contribution in [0.1, 0.15) is 33.2 Å². The highest BCUT2D eigenvalue weighted by atomic mass is 16.5. The van der Waals surface area contributed by atoms with Gasteiger partial charge >= 0.3 is 0 Å². The minimum atomic E-state index is -0.711. The van der Waals surface area contributed by atoms with E-state index in [4.69, 9.17) is 14.2 Å². The standard InChI is InChI=1S/C25H22O6/c1-14-4-9-21-17(10-14)24(28)18(11-15-5-7-19(26)22(12-15)29-2)25(31-21)16-6-8-20(27)23(13-16)30-3/h4-13,25-27H,1-3H3/b18-11+. The minimum absolute atomic E-state index is 0.00166. The molecule has 4 rings (SSSR count). The van der Waals surface area contributed by atoms with Crippen molar-refractivity contribution in [1.82, 2.24) is 0 Å². The van der Waals surface area contributed by atoms with Gasteiger partial charge in [0.15, 0.2) is 34.9 Å². The molecule has 1 heterocycles. The molecule has 0 radical (unpaired) electrons. The van der Waals surface area contributed by atoms with Crippen molar-refractivity contribution < 1.29 is 29.2 Å². The van der Waals surface area contributed by atoms with Gasteiger partial charge in [0.25, 0.3) is 0 Å². The number of benzene rings is 3. The van der Waals surface area contributed by atoms with Crippen molar-refractivity contribution >= 4 is 11.9 Å². The molecule has 1 aliphatic heterocycles. The molecule has 0 amide bonds. The molecule has 1 aliphatic rings. The van der Waals surface area contributed by atoms with E-state index in [1.165, 1.54) is 26.4 Å². The first kappa shape index (κ1) is 20.3. The van der Waals surface area contributed by atoms with E-state index >= 15 is 0 Å². The van der Waals surface area contributed by atoms with Gasteiger partial charge in [0.2, 0.25) is 0 Å². The highest BCUT2D eigenvalue weighted by Gasteiger charge is 2.33. The number of hydrogen-bond donors (Lipinski definition) is 2. The Kier molecular flexibility index (Phi) is 5.29. The van der Waals surface area contributed by atoms with Crippen LogP contribution in [0, 0.1) is 6.92 Å². The van der Waals surface area contributed by atoms with Gasteiger partial charge in [-0.25, -0.2) is 0 Å². The lowest BCUT2D eigenvalue weighted by atomic mass is 9.89. The van der Waals surface area contributed by atoms with E-state index in [0.29, 0.717) is 33.8 Å². The highest BCUT2D eigenvalue weighted by molar-refractivity contribution is 6.14. The number of fused-ring (bicyclic) bond motifs is 1. The van der Waals surface area contributed by atoms with Crippen molar-refractivity contribution in [1.29, 1.82) is 0 Å². The number of Topliss-reactive ketones (excluding diaryl/α,β-unsaturated/α-hetero) is 1. The maximum atomic E-state index is 13.5. The van der Waals surface area contributed by atoms with Gasteiger partial charge in [-0.3, -0.25) is 4.79 Å². The summed E-state index contributed by atoms with van der Waals surface area (Å²) in [5.41, 5.74) is 3.18. The molecule has 158 valence electrons. The molecule has 0 aliphatic carbocycles. The molecule has 31 heavy (non-hydrogen) atoms. The number of aryl methyl sites for hydroxylation is 1. The molecule has 0 saturated carbocycles. The second-order valence-electron chi connectivity index (χ2n) is 7.29. The van der Waals surface area contributed by atoms with Crippen LogP contribution in [0.5, 0.6) is 28.7 Å². The van der Waals surface area contributed by atoms with E-state index in [2.05, 4.69) is 0 Å². The summed E-state index contributed by atoms with van der Waals surface area (Å²) in [6.07, 6.45) is 1.01. The molecule has 0 aromatic heterocycles. The first-order valence-corrected chi connectivity index (χ1v) is 9.68. The predicted octanol–water partition coefficient (Wildman–Crippen LogP) is 4.82. The van der Waals surface area contributed by atoms with Gasteiger partial charge in [-0.2, -0.15) is 0 Å². The van der Waals surface area contributed by atoms with Crippen LogP contribution in [-0.4, -0.2) is 30.2 Å². The van der Waals surface area contributed by atoms with Gasteiger partial charge in [-0.15, -0.1) is 0 Å². The zero-order valence-electron chi connectivity index (χ0n) is 17.4. The molecule has 6 nitrogen and oxygen atoms in total. The lowest BCUT2D eigenvalue weighted by Crippen LogP contribution is -2.24. The Morgan fingerprint density at radius 1 is 0.903 bits per heavy atom. The average Bonchev–Trinajstić information content (AvgIpc) is 2.77. The second-order valence-corrected chi connectivity index (χ2v) is 7.29. The molecular weight excluding hydrogens is 396 g/mol. The number of aromatic hydroxyl groups is 2. The Morgan fingerprint density at radius 3 is 2.29 bits per heavy atom. The topological polar surface area (TPSA) is 85.2 Å². The lowest BCUT2D eigenvalue weighted by Gasteiger charge is -2.29. The molecule has 0 spiro atoms. The molecular formula is C25H22O6. The molecule has 6 heteroatoms. The fourth-order valence-corrected chi connectivity index (χ4v) is 3.60. The third-order valence-electron chi connectivity index (χ3n) is 5.20. The third-order valence-corrected chi connectivity index (χ3v) is 5.20. The van der Waals surface area contributed by atoms with Gasteiger partial charge in [-0.1, -0.05) is 23.8 Å². The zero-order valence-corrected chi connectivity index (χ0v) is 17.4. The Bertz CT molecular complexity index is 1190. The normalized spacial score (nSPS) is 16.5. The smallest absolute Gasteiger partial charge is 0.196 e. The van der Waals surface area contributed by atoms with Gasteiger partial charge in [0, 0.05) is 11.1 Å². The van der Waals surface area contributed by atoms with Gasteiger partial charge in [0.05, 0.1) is 19.8 Å². The predicted molar refractivity (Wildman–Crippen MR) is 116 cm³/mol. The van der Waals surface area contributed by atoms with Crippen molar-refractivity contribution in [2.75, 3.05) is 14.2 Å². The molecule has 1 atom stereocenters. The van der Waals surface area contributed by atoms with Gasteiger partial charge < -0.3 is 24.4 Å². The number of ketones is 1. The molecule has 0 fully saturated rings. The van der Waals surface area contributed by atoms with Gasteiger partial charge in [0.1, 0.15) is 5.75 Å². The Balaban J connectivity index is 1.88. The van der Waals surface area contributed by atoms with Crippen LogP contribution in [0.2, 0.25) is 0 Å². The van der Waals surface area contributed by atoms with Crippen molar-refractivity contribution in [2.24, 2.45) is 0 Å². The quantitative estimate of drug-likeness (QED) is 0.591. The summed E-state index contributed by atoms with van der Waals surface area (Å²) >= 11 is 0. The van der Waals surface area contributed by atoms with Gasteiger partial charge in [-0.05, 0) is 55.0 Å². The van der Waals surface area contributed by atoms with Crippen LogP contribution in [0.25, 0.3) is 6.08 Å². The molecule has 3 aromatic rings. The number of carbonyl (C=O) groups is 1. The van der Waals surface area contributed by atoms with Crippen LogP contribution in [0.15, 0.2) is 60.2 Å². The Labute approximate surface area is 179 Å². The van der Waals surface area contributed by atoms with E-state index in [-0.39, 0.29) is 23.0 Å². The number of phenolic OH excluding ortho intramolecular Hbond substituents is 2. The highest BCUT2D eigenvalue weighted by Crippen LogP contribution is 2.42. The Hall–Kier alpha value is -3.93. The van der Waals surface area contributed by atoms with Crippen LogP contribution in [0.3, 0.4) is 0 Å². The zero-order chi connectivity index (χ0) is 22.1. The van der Waals surface area contributed by atoms with Crippen LogP contribution in [0.4, 0.5) is 0 Å². The van der Waals surface area contributed by atoms with Crippen LogP contribution in [-0.2, 0) is 0 Å². The van der Waals surface area contributed by atoms with Crippen molar-refractivity contribution in [3.63, 3.8) is 0 Å². The van der Waals surface area contributed by atoms with Crippen molar-refractivity contribution in [2.45, 2.75) is 13.0 Å². The summed E-state index contributed by atoms with van der Waals surface area (Å²) in [5, 5.41) is 19.9. The molecule has 0 bridgehead atoms. The van der Waals surface area contributed by atoms with E-state index in [9.17, 15) is 15.0 Å². The number of ether oxygens (including phenoxy) is 3. The first-order valence-electron chi connectivity index (χ1n) is 9.68. The SMILES string of the molecule is COc1cc(/C=C2\C(=O)c3cc(C)ccc3OC2c2ccc(O)c(OC)c2)ccc1O. The average molecular weight is 418 g/mol. The van der Waals surface area contributed by atoms with Crippen molar-refractivity contribution in [3.8, 4) is 28.7 Å². The van der Waals surface area contributed by atoms with Crippen LogP contribution < -0.4 is 14.2 Å². The second kappa shape index (κ2) is 8.07. The fraction of sp³-hybridized carbons (Fsp3) is 0.160. The Morgan fingerprint density at radius 2 is 1.58 bits per heavy atom. The molecule has 3 aromatic carbocycles. The number of phenols is 2. The fourth-order valence-electron chi connectivity index (χ4n) is 3.60. The largest absolute Gasteiger partial charge is 0.504 e. The van der Waals surface area contributed by atoms with Crippen molar-refractivity contribution in [3.05, 3.63) is 82.4 Å².